The van der Waals surface area contributed by atoms with E-state index in [0.29, 0.717) is 6.61 Å². The summed E-state index contributed by atoms with van der Waals surface area (Å²) in [6.07, 6.45) is 12.2. The van der Waals surface area contributed by atoms with Gasteiger partial charge < -0.3 is 9.53 Å². The summed E-state index contributed by atoms with van der Waals surface area (Å²) in [6, 6.07) is 0. The number of hydrogen-bond donors (Lipinski definition) is 1. The van der Waals surface area contributed by atoms with Gasteiger partial charge in [-0.1, -0.05) is 79.1 Å². The molecule has 0 saturated heterocycles. The van der Waals surface area contributed by atoms with Gasteiger partial charge in [-0.3, -0.25) is 0 Å². The highest BCUT2D eigenvalue weighted by molar-refractivity contribution is 6.74. The molecule has 134 valence electrons. The molecule has 0 aromatic carbocycles. The lowest BCUT2D eigenvalue weighted by atomic mass is 10.0. The third-order valence-corrected chi connectivity index (χ3v) is 9.65. The van der Waals surface area contributed by atoms with E-state index in [1.54, 1.807) is 0 Å². The molecule has 0 heterocycles. The van der Waals surface area contributed by atoms with Gasteiger partial charge in [0.25, 0.3) is 0 Å². The van der Waals surface area contributed by atoms with Crippen LogP contribution in [0.2, 0.25) is 18.1 Å². The molecule has 0 aromatic rings. The molecule has 3 heteroatoms. The minimum atomic E-state index is -1.64. The van der Waals surface area contributed by atoms with Crippen LogP contribution >= 0.6 is 0 Å². The maximum atomic E-state index is 10.1. The molecular weight excluding hydrogens is 288 g/mol. The van der Waals surface area contributed by atoms with E-state index in [1.165, 1.54) is 44.9 Å². The lowest BCUT2D eigenvalue weighted by molar-refractivity contribution is 0.124. The van der Waals surface area contributed by atoms with E-state index < -0.39 is 8.32 Å². The molecule has 0 bridgehead atoms. The van der Waals surface area contributed by atoms with Gasteiger partial charge in [-0.15, -0.1) is 0 Å². The summed E-state index contributed by atoms with van der Waals surface area (Å²) in [6.45, 7) is 14.3. The zero-order chi connectivity index (χ0) is 17.1. The first-order valence-electron chi connectivity index (χ1n) is 9.52. The topological polar surface area (TPSA) is 29.5 Å². The fraction of sp³-hybridized carbons (Fsp3) is 1.00. The van der Waals surface area contributed by atoms with Gasteiger partial charge in [0.05, 0.1) is 6.10 Å². The van der Waals surface area contributed by atoms with Gasteiger partial charge in [-0.05, 0) is 31.0 Å². The Balaban J connectivity index is 3.53. The van der Waals surface area contributed by atoms with Crippen molar-refractivity contribution < 1.29 is 9.53 Å². The second-order valence-corrected chi connectivity index (χ2v) is 13.1. The van der Waals surface area contributed by atoms with Gasteiger partial charge in [-0.25, -0.2) is 0 Å². The lowest BCUT2D eigenvalue weighted by Gasteiger charge is -2.36. The molecule has 1 atom stereocenters. The standard InChI is InChI=1S/C19H42O2Si/c1-7-8-9-10-11-12-13-14-15-18(20)16-17-21-22(5,6)19(2,3)4/h18,20H,7-17H2,1-6H3/t18-/m1/s1. The summed E-state index contributed by atoms with van der Waals surface area (Å²) in [4.78, 5) is 0. The molecule has 0 fully saturated rings. The minimum Gasteiger partial charge on any atom is -0.417 e. The van der Waals surface area contributed by atoms with Crippen LogP contribution in [0.4, 0.5) is 0 Å². The van der Waals surface area contributed by atoms with E-state index in [9.17, 15) is 5.11 Å². The lowest BCUT2D eigenvalue weighted by Crippen LogP contribution is -2.41. The Morgan fingerprint density at radius 2 is 1.36 bits per heavy atom. The van der Waals surface area contributed by atoms with Crippen LogP contribution in [0.1, 0.15) is 91.9 Å². The summed E-state index contributed by atoms with van der Waals surface area (Å²) in [5.41, 5.74) is 0. The molecule has 0 amide bonds. The van der Waals surface area contributed by atoms with Crippen molar-refractivity contribution >= 4 is 8.32 Å². The van der Waals surface area contributed by atoms with Crippen molar-refractivity contribution in [3.8, 4) is 0 Å². The predicted octanol–water partition coefficient (Wildman–Crippen LogP) is 6.29. The number of rotatable bonds is 13. The van der Waals surface area contributed by atoms with Crippen molar-refractivity contribution in [2.45, 2.75) is 116 Å². The summed E-state index contributed by atoms with van der Waals surface area (Å²) in [5.74, 6) is 0. The van der Waals surface area contributed by atoms with E-state index in [-0.39, 0.29) is 11.1 Å². The van der Waals surface area contributed by atoms with Crippen molar-refractivity contribution in [2.75, 3.05) is 6.61 Å². The highest BCUT2D eigenvalue weighted by Gasteiger charge is 2.36. The second kappa shape index (κ2) is 11.6. The van der Waals surface area contributed by atoms with E-state index >= 15 is 0 Å². The molecule has 2 nitrogen and oxygen atoms in total. The molecule has 0 aromatic heterocycles. The first-order valence-corrected chi connectivity index (χ1v) is 12.4. The number of unbranched alkanes of at least 4 members (excludes halogenated alkanes) is 7. The molecule has 0 spiro atoms. The van der Waals surface area contributed by atoms with E-state index in [1.807, 2.05) is 0 Å². The molecular formula is C19H42O2Si. The molecule has 0 rings (SSSR count). The molecule has 22 heavy (non-hydrogen) atoms. The average Bonchev–Trinajstić information content (AvgIpc) is 2.40. The Kier molecular flexibility index (Phi) is 11.7. The van der Waals surface area contributed by atoms with Crippen molar-refractivity contribution in [3.63, 3.8) is 0 Å². The van der Waals surface area contributed by atoms with Crippen LogP contribution in [0.25, 0.3) is 0 Å². The average molecular weight is 331 g/mol. The van der Waals surface area contributed by atoms with Gasteiger partial charge in [0.1, 0.15) is 0 Å². The molecule has 0 aliphatic rings. The first kappa shape index (κ1) is 22.1. The van der Waals surface area contributed by atoms with Crippen LogP contribution in [-0.2, 0) is 4.43 Å². The van der Waals surface area contributed by atoms with E-state index in [0.717, 1.165) is 19.3 Å². The maximum absolute atomic E-state index is 10.1. The molecule has 0 aliphatic carbocycles. The molecule has 1 N–H and O–H groups in total. The Labute approximate surface area is 141 Å². The number of hydrogen-bond acceptors (Lipinski definition) is 2. The fourth-order valence-corrected chi connectivity index (χ4v) is 3.39. The Bertz CT molecular complexity index is 259. The predicted molar refractivity (Wildman–Crippen MR) is 101 cm³/mol. The number of aliphatic hydroxyl groups is 1. The van der Waals surface area contributed by atoms with E-state index in [4.69, 9.17) is 4.43 Å². The van der Waals surface area contributed by atoms with Crippen LogP contribution < -0.4 is 0 Å². The molecule has 0 unspecified atom stereocenters. The van der Waals surface area contributed by atoms with Gasteiger partial charge >= 0.3 is 0 Å². The van der Waals surface area contributed by atoms with Crippen LogP contribution in [0.5, 0.6) is 0 Å². The van der Waals surface area contributed by atoms with Crippen molar-refractivity contribution in [1.82, 2.24) is 0 Å². The highest BCUT2D eigenvalue weighted by atomic mass is 28.4. The summed E-state index contributed by atoms with van der Waals surface area (Å²) >= 11 is 0. The molecule has 0 aliphatic heterocycles. The van der Waals surface area contributed by atoms with Crippen molar-refractivity contribution in [3.05, 3.63) is 0 Å². The maximum Gasteiger partial charge on any atom is 0.191 e. The smallest absolute Gasteiger partial charge is 0.191 e. The molecule has 0 radical (unpaired) electrons. The van der Waals surface area contributed by atoms with Crippen LogP contribution in [0.3, 0.4) is 0 Å². The first-order chi connectivity index (χ1) is 10.2. The zero-order valence-electron chi connectivity index (χ0n) is 16.2. The SMILES string of the molecule is CCCCCCCCCC[C@@H](O)CCO[Si](C)(C)C(C)(C)C. The Morgan fingerprint density at radius 1 is 0.864 bits per heavy atom. The second-order valence-electron chi connectivity index (χ2n) is 8.31. The van der Waals surface area contributed by atoms with Crippen LogP contribution in [0.15, 0.2) is 0 Å². The summed E-state index contributed by atoms with van der Waals surface area (Å²) in [7, 11) is -1.64. The summed E-state index contributed by atoms with van der Waals surface area (Å²) in [5, 5.41) is 10.3. The monoisotopic (exact) mass is 330 g/mol. The molecule has 0 saturated carbocycles. The third kappa shape index (κ3) is 10.8. The Morgan fingerprint density at radius 3 is 1.86 bits per heavy atom. The van der Waals surface area contributed by atoms with Gasteiger partial charge in [0, 0.05) is 6.61 Å². The van der Waals surface area contributed by atoms with Crippen LogP contribution in [0, 0.1) is 0 Å². The van der Waals surface area contributed by atoms with Crippen LogP contribution in [-0.4, -0.2) is 26.1 Å². The largest absolute Gasteiger partial charge is 0.417 e. The minimum absolute atomic E-state index is 0.176. The summed E-state index contributed by atoms with van der Waals surface area (Å²) < 4.78 is 6.13. The normalized spacial score (nSPS) is 14.3. The zero-order valence-corrected chi connectivity index (χ0v) is 17.2. The van der Waals surface area contributed by atoms with Gasteiger partial charge in [-0.2, -0.15) is 0 Å². The van der Waals surface area contributed by atoms with Gasteiger partial charge in [0.2, 0.25) is 0 Å². The van der Waals surface area contributed by atoms with Crippen molar-refractivity contribution in [2.24, 2.45) is 0 Å². The number of aliphatic hydroxyl groups excluding tert-OH is 1. The quantitative estimate of drug-likeness (QED) is 0.317. The third-order valence-electron chi connectivity index (χ3n) is 5.11. The van der Waals surface area contributed by atoms with Crippen molar-refractivity contribution in [1.29, 1.82) is 0 Å². The highest BCUT2D eigenvalue weighted by Crippen LogP contribution is 2.36. The van der Waals surface area contributed by atoms with E-state index in [2.05, 4.69) is 40.8 Å². The Hall–Kier alpha value is 0.137. The fourth-order valence-electron chi connectivity index (χ4n) is 2.32. The van der Waals surface area contributed by atoms with Gasteiger partial charge in [0.15, 0.2) is 8.32 Å².